The summed E-state index contributed by atoms with van der Waals surface area (Å²) in [5.74, 6) is -0.669. The maximum Gasteiger partial charge on any atom is 0.332 e. The van der Waals surface area contributed by atoms with Gasteiger partial charge < -0.3 is 4.74 Å². The van der Waals surface area contributed by atoms with Gasteiger partial charge in [-0.15, -0.1) is 0 Å². The Labute approximate surface area is 217 Å². The minimum Gasteiger partial charge on any atom is -0.467 e. The van der Waals surface area contributed by atoms with Gasteiger partial charge in [0.05, 0.1) is 13.2 Å². The van der Waals surface area contributed by atoms with Crippen molar-refractivity contribution in [3.63, 3.8) is 0 Å². The molecule has 0 aliphatic heterocycles. The van der Waals surface area contributed by atoms with E-state index >= 15 is 0 Å². The molecule has 0 saturated carbocycles. The summed E-state index contributed by atoms with van der Waals surface area (Å²) >= 11 is 0. The molecule has 1 aliphatic carbocycles. The molecule has 0 heterocycles. The minimum atomic E-state index is -4.25. The number of carbonyl (C=O) groups excluding carboxylic acids is 1. The van der Waals surface area contributed by atoms with Crippen LogP contribution in [-0.2, 0) is 38.1 Å². The van der Waals surface area contributed by atoms with Gasteiger partial charge in [-0.2, -0.15) is 17.9 Å². The van der Waals surface area contributed by atoms with Gasteiger partial charge in [0, 0.05) is 6.42 Å². The van der Waals surface area contributed by atoms with Crippen LogP contribution in [0.15, 0.2) is 109 Å². The molecule has 1 unspecified atom stereocenters. The van der Waals surface area contributed by atoms with Crippen LogP contribution in [0.2, 0.25) is 0 Å². The normalized spacial score (nSPS) is 16.9. The Hall–Kier alpha value is -3.78. The minimum absolute atomic E-state index is 0.120. The molecule has 5 rings (SSSR count). The van der Waals surface area contributed by atoms with Gasteiger partial charge in [0.15, 0.2) is 5.54 Å². The summed E-state index contributed by atoms with van der Waals surface area (Å²) in [7, 11) is -2.97. The number of rotatable bonds is 7. The van der Waals surface area contributed by atoms with Crippen molar-refractivity contribution in [1.82, 2.24) is 9.44 Å². The second kappa shape index (κ2) is 10.3. The predicted molar refractivity (Wildman–Crippen MR) is 143 cm³/mol. The highest BCUT2D eigenvalue weighted by atomic mass is 32.2. The SMILES string of the molecule is COC(=O)C1(NS(=O)(=O)NC(c2ccccc2)c2ccccc2)Cc2ccccc2Cc2ccccc21. The average Bonchev–Trinajstić information content (AvgIpc) is 3.07. The van der Waals surface area contributed by atoms with Crippen molar-refractivity contribution in [2.75, 3.05) is 7.11 Å². The van der Waals surface area contributed by atoms with Crippen molar-refractivity contribution in [3.8, 4) is 0 Å². The van der Waals surface area contributed by atoms with E-state index in [1.54, 1.807) is 6.07 Å². The zero-order valence-corrected chi connectivity index (χ0v) is 21.2. The van der Waals surface area contributed by atoms with E-state index in [0.29, 0.717) is 12.0 Å². The maximum atomic E-state index is 13.9. The standard InChI is InChI=1S/C30H28N2O4S/c1-36-29(33)30(21-26-18-9-8-16-24(26)20-25-17-10-11-19-27(25)30)32-37(34,35)31-28(22-12-4-2-5-13-22)23-14-6-3-7-15-23/h2-19,28,31-32H,20-21H2,1H3. The van der Waals surface area contributed by atoms with Crippen molar-refractivity contribution < 1.29 is 17.9 Å². The molecule has 1 aliphatic rings. The van der Waals surface area contributed by atoms with E-state index in [0.717, 1.165) is 27.8 Å². The van der Waals surface area contributed by atoms with Crippen molar-refractivity contribution in [2.24, 2.45) is 0 Å². The molecule has 0 radical (unpaired) electrons. The van der Waals surface area contributed by atoms with Gasteiger partial charge in [0.1, 0.15) is 0 Å². The Morgan fingerprint density at radius 2 is 1.27 bits per heavy atom. The Morgan fingerprint density at radius 3 is 1.86 bits per heavy atom. The first-order chi connectivity index (χ1) is 17.9. The first-order valence-electron chi connectivity index (χ1n) is 12.1. The Balaban J connectivity index is 1.61. The second-order valence-electron chi connectivity index (χ2n) is 9.15. The van der Waals surface area contributed by atoms with Crippen LogP contribution in [0.5, 0.6) is 0 Å². The summed E-state index contributed by atoms with van der Waals surface area (Å²) in [5.41, 5.74) is 3.27. The summed E-state index contributed by atoms with van der Waals surface area (Å²) in [4.78, 5) is 13.5. The maximum absolute atomic E-state index is 13.9. The fourth-order valence-corrected chi connectivity index (χ4v) is 6.47. The Bertz CT molecular complexity index is 1470. The van der Waals surface area contributed by atoms with Gasteiger partial charge in [-0.25, -0.2) is 4.79 Å². The van der Waals surface area contributed by atoms with Crippen LogP contribution in [0.4, 0.5) is 0 Å². The molecule has 0 bridgehead atoms. The molecule has 7 heteroatoms. The van der Waals surface area contributed by atoms with Gasteiger partial charge >= 0.3 is 5.97 Å². The Kier molecular flexibility index (Phi) is 6.93. The Morgan fingerprint density at radius 1 is 0.757 bits per heavy atom. The molecule has 4 aromatic rings. The fraction of sp³-hybridized carbons (Fsp3) is 0.167. The van der Waals surface area contributed by atoms with Crippen LogP contribution >= 0.6 is 0 Å². The lowest BCUT2D eigenvalue weighted by Crippen LogP contribution is -2.57. The molecule has 0 aromatic heterocycles. The molecular formula is C30H28N2O4S. The number of methoxy groups -OCH3 is 1. The summed E-state index contributed by atoms with van der Waals surface area (Å²) in [6.07, 6.45) is 0.700. The van der Waals surface area contributed by atoms with E-state index < -0.39 is 27.8 Å². The number of ether oxygens (including phenoxy) is 1. The topological polar surface area (TPSA) is 84.5 Å². The van der Waals surface area contributed by atoms with Gasteiger partial charge in [-0.3, -0.25) is 0 Å². The van der Waals surface area contributed by atoms with E-state index in [9.17, 15) is 13.2 Å². The van der Waals surface area contributed by atoms with Crippen molar-refractivity contribution in [3.05, 3.63) is 143 Å². The van der Waals surface area contributed by atoms with E-state index in [1.165, 1.54) is 7.11 Å². The molecule has 6 nitrogen and oxygen atoms in total. The number of esters is 1. The lowest BCUT2D eigenvalue weighted by molar-refractivity contribution is -0.148. The highest BCUT2D eigenvalue weighted by Gasteiger charge is 2.48. The smallest absolute Gasteiger partial charge is 0.332 e. The first kappa shape index (κ1) is 24.9. The molecule has 0 fully saturated rings. The van der Waals surface area contributed by atoms with Crippen LogP contribution in [0.25, 0.3) is 0 Å². The number of fused-ring (bicyclic) bond motifs is 2. The number of nitrogens with one attached hydrogen (secondary N) is 2. The highest BCUT2D eigenvalue weighted by molar-refractivity contribution is 7.87. The van der Waals surface area contributed by atoms with E-state index in [-0.39, 0.29) is 6.42 Å². The van der Waals surface area contributed by atoms with E-state index in [1.807, 2.05) is 103 Å². The fourth-order valence-electron chi connectivity index (χ4n) is 5.10. The van der Waals surface area contributed by atoms with Crippen LogP contribution in [0.1, 0.15) is 39.4 Å². The molecule has 188 valence electrons. The molecule has 37 heavy (non-hydrogen) atoms. The quantitative estimate of drug-likeness (QED) is 0.359. The van der Waals surface area contributed by atoms with Crippen molar-refractivity contribution in [2.45, 2.75) is 24.4 Å². The summed E-state index contributed by atoms with van der Waals surface area (Å²) in [5, 5.41) is 0. The van der Waals surface area contributed by atoms with Crippen molar-refractivity contribution >= 4 is 16.2 Å². The number of hydrogen-bond acceptors (Lipinski definition) is 4. The zero-order valence-electron chi connectivity index (χ0n) is 20.4. The third-order valence-electron chi connectivity index (χ3n) is 6.81. The molecule has 4 aromatic carbocycles. The molecule has 0 amide bonds. The van der Waals surface area contributed by atoms with E-state index in [4.69, 9.17) is 4.74 Å². The number of carbonyl (C=O) groups is 1. The third-order valence-corrected chi connectivity index (χ3v) is 7.98. The van der Waals surface area contributed by atoms with Gasteiger partial charge in [0.25, 0.3) is 10.2 Å². The number of hydrogen-bond donors (Lipinski definition) is 2. The predicted octanol–water partition coefficient (Wildman–Crippen LogP) is 4.42. The average molecular weight is 513 g/mol. The monoisotopic (exact) mass is 512 g/mol. The second-order valence-corrected chi connectivity index (χ2v) is 10.6. The molecule has 0 saturated heterocycles. The van der Waals surface area contributed by atoms with Crippen LogP contribution in [0, 0.1) is 0 Å². The first-order valence-corrected chi connectivity index (χ1v) is 13.5. The molecular weight excluding hydrogens is 484 g/mol. The van der Waals surface area contributed by atoms with Gasteiger partial charge in [-0.05, 0) is 39.8 Å². The van der Waals surface area contributed by atoms with Gasteiger partial charge in [0.2, 0.25) is 0 Å². The molecule has 0 spiro atoms. The highest BCUT2D eigenvalue weighted by Crippen LogP contribution is 2.37. The zero-order chi connectivity index (χ0) is 25.9. The van der Waals surface area contributed by atoms with Crippen molar-refractivity contribution in [1.29, 1.82) is 0 Å². The largest absolute Gasteiger partial charge is 0.467 e. The lowest BCUT2D eigenvalue weighted by Gasteiger charge is -2.33. The summed E-state index contributed by atoms with van der Waals surface area (Å²) in [6, 6.07) is 33.2. The van der Waals surface area contributed by atoms with Crippen LogP contribution in [-0.4, -0.2) is 21.5 Å². The van der Waals surface area contributed by atoms with Crippen LogP contribution in [0.3, 0.4) is 0 Å². The lowest BCUT2D eigenvalue weighted by atomic mass is 9.84. The molecule has 2 N–H and O–H groups in total. The molecule has 1 atom stereocenters. The van der Waals surface area contributed by atoms with Gasteiger partial charge in [-0.1, -0.05) is 109 Å². The summed E-state index contributed by atoms with van der Waals surface area (Å²) < 4.78 is 38.6. The van der Waals surface area contributed by atoms with Crippen LogP contribution < -0.4 is 9.44 Å². The third kappa shape index (κ3) is 5.06. The number of benzene rings is 4. The summed E-state index contributed by atoms with van der Waals surface area (Å²) in [6.45, 7) is 0. The van der Waals surface area contributed by atoms with E-state index in [2.05, 4.69) is 9.44 Å².